The summed E-state index contributed by atoms with van der Waals surface area (Å²) in [7, 11) is 0. The monoisotopic (exact) mass is 336 g/mol. The van der Waals surface area contributed by atoms with Gasteiger partial charge in [-0.05, 0) is 31.5 Å². The molecule has 2 amide bonds. The summed E-state index contributed by atoms with van der Waals surface area (Å²) in [4.78, 5) is 36.1. The molecule has 1 aliphatic rings. The summed E-state index contributed by atoms with van der Waals surface area (Å²) < 4.78 is 4.99. The van der Waals surface area contributed by atoms with Gasteiger partial charge < -0.3 is 15.4 Å². The van der Waals surface area contributed by atoms with Crippen LogP contribution in [0.2, 0.25) is 0 Å². The van der Waals surface area contributed by atoms with Gasteiger partial charge >= 0.3 is 5.97 Å². The van der Waals surface area contributed by atoms with Crippen LogP contribution < -0.4 is 10.6 Å². The number of carbonyl (C=O) groups excluding carboxylic acids is 3. The van der Waals surface area contributed by atoms with E-state index in [-0.39, 0.29) is 23.7 Å². The second-order valence-electron chi connectivity index (χ2n) is 5.24. The first-order valence-corrected chi connectivity index (χ1v) is 8.44. The molecule has 1 heterocycles. The third-order valence-corrected chi connectivity index (χ3v) is 4.51. The highest BCUT2D eigenvalue weighted by Gasteiger charge is 2.24. The summed E-state index contributed by atoms with van der Waals surface area (Å²) in [6, 6.07) is 4.98. The minimum atomic E-state index is -0.587. The van der Waals surface area contributed by atoms with Crippen molar-refractivity contribution in [1.82, 2.24) is 5.32 Å². The standard InChI is InChI=1S/C16H20N2O4S/c1-3-4-7-17-14(19)9-22-16(21)11-5-6-13-12(8-11)18-15(20)10(2)23-13/h5-6,8,10H,3-4,7,9H2,1-2H3,(H,17,19)(H,18,20). The molecule has 23 heavy (non-hydrogen) atoms. The number of esters is 1. The van der Waals surface area contributed by atoms with Gasteiger partial charge in [-0.2, -0.15) is 0 Å². The van der Waals surface area contributed by atoms with E-state index in [1.165, 1.54) is 11.8 Å². The molecule has 0 spiro atoms. The Morgan fingerprint density at radius 3 is 2.91 bits per heavy atom. The van der Waals surface area contributed by atoms with E-state index >= 15 is 0 Å². The Hall–Kier alpha value is -2.02. The van der Waals surface area contributed by atoms with Crippen molar-refractivity contribution in [2.75, 3.05) is 18.5 Å². The van der Waals surface area contributed by atoms with Gasteiger partial charge in [-0.3, -0.25) is 9.59 Å². The first-order chi connectivity index (χ1) is 11.0. The molecule has 2 rings (SSSR count). The molecule has 0 fully saturated rings. The molecule has 1 unspecified atom stereocenters. The number of rotatable bonds is 6. The number of nitrogens with one attached hydrogen (secondary N) is 2. The van der Waals surface area contributed by atoms with Crippen LogP contribution in [0.3, 0.4) is 0 Å². The van der Waals surface area contributed by atoms with Crippen molar-refractivity contribution in [2.45, 2.75) is 36.8 Å². The van der Waals surface area contributed by atoms with Gasteiger partial charge in [-0.25, -0.2) is 4.79 Å². The normalized spacial score (nSPS) is 16.3. The average molecular weight is 336 g/mol. The molecule has 0 radical (unpaired) electrons. The van der Waals surface area contributed by atoms with E-state index in [1.807, 2.05) is 13.8 Å². The Labute approximate surface area is 139 Å². The van der Waals surface area contributed by atoms with E-state index in [9.17, 15) is 14.4 Å². The van der Waals surface area contributed by atoms with Crippen molar-refractivity contribution in [3.8, 4) is 0 Å². The van der Waals surface area contributed by atoms with E-state index in [2.05, 4.69) is 10.6 Å². The zero-order chi connectivity index (χ0) is 16.8. The molecule has 1 aromatic rings. The zero-order valence-electron chi connectivity index (χ0n) is 13.2. The fourth-order valence-corrected chi connectivity index (χ4v) is 2.94. The topological polar surface area (TPSA) is 84.5 Å². The number of anilines is 1. The Bertz CT molecular complexity index is 618. The third-order valence-electron chi connectivity index (χ3n) is 3.33. The minimum absolute atomic E-state index is 0.0941. The minimum Gasteiger partial charge on any atom is -0.452 e. The van der Waals surface area contributed by atoms with E-state index < -0.39 is 5.97 Å². The molecule has 0 saturated heterocycles. The van der Waals surface area contributed by atoms with Crippen molar-refractivity contribution in [1.29, 1.82) is 0 Å². The summed E-state index contributed by atoms with van der Waals surface area (Å²) in [5.41, 5.74) is 0.903. The first-order valence-electron chi connectivity index (χ1n) is 7.56. The summed E-state index contributed by atoms with van der Waals surface area (Å²) in [6.07, 6.45) is 1.87. The second-order valence-corrected chi connectivity index (χ2v) is 6.62. The highest BCUT2D eigenvalue weighted by Crippen LogP contribution is 2.35. The highest BCUT2D eigenvalue weighted by molar-refractivity contribution is 8.00. The molecule has 7 heteroatoms. The van der Waals surface area contributed by atoms with E-state index in [4.69, 9.17) is 4.74 Å². The summed E-state index contributed by atoms with van der Waals surface area (Å²) in [6.45, 7) is 4.12. The van der Waals surface area contributed by atoms with Crippen LogP contribution in [0.5, 0.6) is 0 Å². The fourth-order valence-electron chi connectivity index (χ4n) is 2.01. The molecule has 2 N–H and O–H groups in total. The number of benzene rings is 1. The van der Waals surface area contributed by atoms with Crippen molar-refractivity contribution in [2.24, 2.45) is 0 Å². The second kappa shape index (κ2) is 8.01. The van der Waals surface area contributed by atoms with Crippen molar-refractivity contribution >= 4 is 35.2 Å². The van der Waals surface area contributed by atoms with Gasteiger partial charge in [0.1, 0.15) is 0 Å². The van der Waals surface area contributed by atoms with Gasteiger partial charge in [0.25, 0.3) is 5.91 Å². The van der Waals surface area contributed by atoms with Crippen molar-refractivity contribution in [3.63, 3.8) is 0 Å². The molecule has 0 aromatic heterocycles. The number of unbranched alkanes of at least 4 members (excludes halogenated alkanes) is 1. The Balaban J connectivity index is 1.92. The molecule has 0 aliphatic carbocycles. The average Bonchev–Trinajstić information content (AvgIpc) is 2.53. The van der Waals surface area contributed by atoms with Crippen LogP contribution in [-0.2, 0) is 14.3 Å². The molecule has 6 nitrogen and oxygen atoms in total. The Morgan fingerprint density at radius 2 is 2.17 bits per heavy atom. The predicted octanol–water partition coefficient (Wildman–Crippen LogP) is 2.19. The lowest BCUT2D eigenvalue weighted by Gasteiger charge is -2.21. The van der Waals surface area contributed by atoms with Gasteiger partial charge in [0, 0.05) is 11.4 Å². The SMILES string of the molecule is CCCCNC(=O)COC(=O)c1ccc2c(c1)NC(=O)C(C)S2. The summed E-state index contributed by atoms with van der Waals surface area (Å²) in [5.74, 6) is -0.998. The predicted molar refractivity (Wildman–Crippen MR) is 88.6 cm³/mol. The summed E-state index contributed by atoms with van der Waals surface area (Å²) >= 11 is 1.44. The van der Waals surface area contributed by atoms with Gasteiger partial charge in [0.2, 0.25) is 5.91 Å². The quantitative estimate of drug-likeness (QED) is 0.614. The molecule has 1 aliphatic heterocycles. The lowest BCUT2D eigenvalue weighted by molar-refractivity contribution is -0.124. The van der Waals surface area contributed by atoms with Gasteiger partial charge in [-0.15, -0.1) is 11.8 Å². The zero-order valence-corrected chi connectivity index (χ0v) is 14.0. The number of amides is 2. The van der Waals surface area contributed by atoms with E-state index in [0.717, 1.165) is 17.7 Å². The van der Waals surface area contributed by atoms with Crippen LogP contribution >= 0.6 is 11.8 Å². The number of thioether (sulfide) groups is 1. The number of fused-ring (bicyclic) bond motifs is 1. The van der Waals surface area contributed by atoms with Crippen LogP contribution in [0.4, 0.5) is 5.69 Å². The molecule has 1 atom stereocenters. The number of ether oxygens (including phenoxy) is 1. The molecule has 1 aromatic carbocycles. The van der Waals surface area contributed by atoms with Gasteiger partial charge in [0.05, 0.1) is 16.5 Å². The molecule has 0 saturated carbocycles. The lowest BCUT2D eigenvalue weighted by Crippen LogP contribution is -2.29. The van der Waals surface area contributed by atoms with Crippen LogP contribution in [-0.4, -0.2) is 36.2 Å². The largest absolute Gasteiger partial charge is 0.452 e. The van der Waals surface area contributed by atoms with Crippen LogP contribution in [0.15, 0.2) is 23.1 Å². The third kappa shape index (κ3) is 4.72. The van der Waals surface area contributed by atoms with Crippen LogP contribution in [0.1, 0.15) is 37.0 Å². The lowest BCUT2D eigenvalue weighted by atomic mass is 10.2. The number of hydrogen-bond donors (Lipinski definition) is 2. The fraction of sp³-hybridized carbons (Fsp3) is 0.438. The van der Waals surface area contributed by atoms with Crippen molar-refractivity contribution < 1.29 is 19.1 Å². The molecular weight excluding hydrogens is 316 g/mol. The number of carbonyl (C=O) groups is 3. The van der Waals surface area contributed by atoms with E-state index in [0.29, 0.717) is 17.8 Å². The highest BCUT2D eigenvalue weighted by atomic mass is 32.2. The van der Waals surface area contributed by atoms with Gasteiger partial charge in [-0.1, -0.05) is 13.3 Å². The number of hydrogen-bond acceptors (Lipinski definition) is 5. The molecule has 124 valence electrons. The maximum Gasteiger partial charge on any atom is 0.338 e. The maximum atomic E-state index is 12.0. The van der Waals surface area contributed by atoms with Crippen LogP contribution in [0.25, 0.3) is 0 Å². The Morgan fingerprint density at radius 1 is 1.39 bits per heavy atom. The smallest absolute Gasteiger partial charge is 0.338 e. The summed E-state index contributed by atoms with van der Waals surface area (Å²) in [5, 5.41) is 5.27. The first kappa shape index (κ1) is 17.3. The molecule has 0 bridgehead atoms. The van der Waals surface area contributed by atoms with Gasteiger partial charge in [0.15, 0.2) is 6.61 Å². The van der Waals surface area contributed by atoms with E-state index in [1.54, 1.807) is 18.2 Å². The van der Waals surface area contributed by atoms with Crippen molar-refractivity contribution in [3.05, 3.63) is 23.8 Å². The maximum absolute atomic E-state index is 12.0. The molecular formula is C16H20N2O4S. The Kier molecular flexibility index (Phi) is 6.04. The van der Waals surface area contributed by atoms with Crippen LogP contribution in [0, 0.1) is 0 Å².